The molecular formula is C16H21ClN4. The molecule has 0 atom stereocenters. The molecule has 0 radical (unpaired) electrons. The van der Waals surface area contributed by atoms with Gasteiger partial charge in [-0.25, -0.2) is 0 Å². The van der Waals surface area contributed by atoms with E-state index < -0.39 is 0 Å². The Hall–Kier alpha value is -2.33. The first-order chi connectivity index (χ1) is 9.56. The second-order valence-corrected chi connectivity index (χ2v) is 4.74. The second-order valence-electron chi connectivity index (χ2n) is 4.74. The molecule has 112 valence electrons. The summed E-state index contributed by atoms with van der Waals surface area (Å²) in [7, 11) is 0. The van der Waals surface area contributed by atoms with Gasteiger partial charge in [-0.15, -0.1) is 12.4 Å². The lowest BCUT2D eigenvalue weighted by Gasteiger charge is -2.06. The lowest BCUT2D eigenvalue weighted by molar-refractivity contribution is 1.33. The number of anilines is 4. The van der Waals surface area contributed by atoms with Crippen LogP contribution in [0, 0.1) is 6.92 Å². The normalized spacial score (nSPS) is 10.3. The molecule has 0 aliphatic carbocycles. The predicted molar refractivity (Wildman–Crippen MR) is 95.6 cm³/mol. The number of nitrogen functional groups attached to an aromatic ring is 3. The van der Waals surface area contributed by atoms with Gasteiger partial charge in [0.05, 0.1) is 0 Å². The van der Waals surface area contributed by atoms with E-state index in [9.17, 15) is 0 Å². The minimum Gasteiger partial charge on any atom is -0.399 e. The van der Waals surface area contributed by atoms with Gasteiger partial charge in [-0.05, 0) is 54.4 Å². The van der Waals surface area contributed by atoms with Gasteiger partial charge >= 0.3 is 0 Å². The van der Waals surface area contributed by atoms with Crippen molar-refractivity contribution in [1.82, 2.24) is 0 Å². The van der Waals surface area contributed by atoms with Crippen LogP contribution in [0.2, 0.25) is 0 Å². The van der Waals surface area contributed by atoms with Gasteiger partial charge in [-0.2, -0.15) is 0 Å². The van der Waals surface area contributed by atoms with E-state index in [-0.39, 0.29) is 12.4 Å². The van der Waals surface area contributed by atoms with E-state index in [2.05, 4.69) is 5.32 Å². The maximum Gasteiger partial charge on any atom is 0.0389 e. The van der Waals surface area contributed by atoms with Crippen LogP contribution < -0.4 is 22.5 Å². The molecule has 0 fully saturated rings. The number of halogens is 1. The third-order valence-corrected chi connectivity index (χ3v) is 3.10. The molecular weight excluding hydrogens is 284 g/mol. The van der Waals surface area contributed by atoms with Crippen molar-refractivity contribution in [1.29, 1.82) is 0 Å². The molecule has 0 aliphatic heterocycles. The van der Waals surface area contributed by atoms with E-state index in [1.54, 1.807) is 6.07 Å². The van der Waals surface area contributed by atoms with Gasteiger partial charge in [0, 0.05) is 29.3 Å². The van der Waals surface area contributed by atoms with Gasteiger partial charge in [-0.1, -0.05) is 12.2 Å². The highest BCUT2D eigenvalue weighted by atomic mass is 35.5. The van der Waals surface area contributed by atoms with Crippen LogP contribution in [0.1, 0.15) is 11.1 Å². The van der Waals surface area contributed by atoms with E-state index >= 15 is 0 Å². The smallest absolute Gasteiger partial charge is 0.0389 e. The van der Waals surface area contributed by atoms with Gasteiger partial charge in [0.15, 0.2) is 0 Å². The van der Waals surface area contributed by atoms with Crippen LogP contribution in [-0.4, -0.2) is 6.54 Å². The molecule has 0 heterocycles. The molecule has 2 aromatic rings. The Labute approximate surface area is 131 Å². The number of aryl methyl sites for hydroxylation is 1. The summed E-state index contributed by atoms with van der Waals surface area (Å²) in [5, 5.41) is 3.30. The van der Waals surface area contributed by atoms with Crippen molar-refractivity contribution in [2.45, 2.75) is 6.92 Å². The van der Waals surface area contributed by atoms with Crippen LogP contribution in [-0.2, 0) is 0 Å². The minimum absolute atomic E-state index is 0. The minimum atomic E-state index is 0. The molecule has 2 rings (SSSR count). The zero-order valence-electron chi connectivity index (χ0n) is 12.0. The fourth-order valence-corrected chi connectivity index (χ4v) is 1.89. The first-order valence-electron chi connectivity index (χ1n) is 6.48. The summed E-state index contributed by atoms with van der Waals surface area (Å²) in [6.07, 6.45) is 3.97. The molecule has 7 N–H and O–H groups in total. The maximum absolute atomic E-state index is 5.88. The summed E-state index contributed by atoms with van der Waals surface area (Å²) < 4.78 is 0. The number of benzene rings is 2. The molecule has 0 aliphatic rings. The maximum atomic E-state index is 5.88. The summed E-state index contributed by atoms with van der Waals surface area (Å²) in [5.74, 6) is 0. The SMILES string of the molecule is Cc1cc(NC/C=C/c2cc(N)ccc2N)ccc1N.Cl. The van der Waals surface area contributed by atoms with Gasteiger partial charge in [-0.3, -0.25) is 0 Å². The molecule has 0 unspecified atom stereocenters. The van der Waals surface area contributed by atoms with Crippen molar-refractivity contribution in [2.75, 3.05) is 29.1 Å². The predicted octanol–water partition coefficient (Wildman–Crippen LogP) is 3.29. The van der Waals surface area contributed by atoms with Crippen LogP contribution in [0.25, 0.3) is 6.08 Å². The Kier molecular flexibility index (Phi) is 5.93. The van der Waals surface area contributed by atoms with Crippen LogP contribution >= 0.6 is 12.4 Å². The molecule has 0 bridgehead atoms. The molecule has 0 aromatic heterocycles. The van der Waals surface area contributed by atoms with E-state index in [0.29, 0.717) is 12.2 Å². The zero-order chi connectivity index (χ0) is 14.5. The van der Waals surface area contributed by atoms with E-state index in [1.165, 1.54) is 0 Å². The number of nitrogens with two attached hydrogens (primary N) is 3. The molecule has 4 nitrogen and oxygen atoms in total. The monoisotopic (exact) mass is 304 g/mol. The van der Waals surface area contributed by atoms with Crippen LogP contribution in [0.4, 0.5) is 22.7 Å². The topological polar surface area (TPSA) is 90.1 Å². The fourth-order valence-electron chi connectivity index (χ4n) is 1.89. The Morgan fingerprint density at radius 3 is 2.43 bits per heavy atom. The van der Waals surface area contributed by atoms with Crippen molar-refractivity contribution < 1.29 is 0 Å². The van der Waals surface area contributed by atoms with E-state index in [1.807, 2.05) is 49.4 Å². The first-order valence-corrected chi connectivity index (χ1v) is 6.48. The molecule has 0 saturated heterocycles. The highest BCUT2D eigenvalue weighted by Crippen LogP contribution is 2.18. The van der Waals surface area contributed by atoms with Gasteiger partial charge in [0.2, 0.25) is 0 Å². The standard InChI is InChI=1S/C16H20N4.ClH/c1-11-9-14(5-7-15(11)18)20-8-2-3-12-10-13(17)4-6-16(12)19;/h2-7,9-10,20H,8,17-19H2,1H3;1H/b3-2+;. The summed E-state index contributed by atoms with van der Waals surface area (Å²) in [5.41, 5.74) is 22.7. The first kappa shape index (κ1) is 16.7. The van der Waals surface area contributed by atoms with Gasteiger partial charge < -0.3 is 22.5 Å². The quantitative estimate of drug-likeness (QED) is 0.652. The largest absolute Gasteiger partial charge is 0.399 e. The number of rotatable bonds is 4. The van der Waals surface area contributed by atoms with Crippen LogP contribution in [0.3, 0.4) is 0 Å². The Morgan fingerprint density at radius 2 is 1.71 bits per heavy atom. The lowest BCUT2D eigenvalue weighted by Crippen LogP contribution is -1.99. The van der Waals surface area contributed by atoms with Crippen molar-refractivity contribution >= 4 is 41.2 Å². The van der Waals surface area contributed by atoms with Crippen molar-refractivity contribution in [2.24, 2.45) is 0 Å². The van der Waals surface area contributed by atoms with Crippen molar-refractivity contribution in [3.05, 3.63) is 53.6 Å². The Balaban J connectivity index is 0.00000220. The number of nitrogens with one attached hydrogen (secondary N) is 1. The molecule has 0 amide bonds. The Morgan fingerprint density at radius 1 is 1.00 bits per heavy atom. The summed E-state index contributed by atoms with van der Waals surface area (Å²) in [4.78, 5) is 0. The van der Waals surface area contributed by atoms with Crippen LogP contribution in [0.15, 0.2) is 42.5 Å². The third-order valence-electron chi connectivity index (χ3n) is 3.10. The second kappa shape index (κ2) is 7.45. The highest BCUT2D eigenvalue weighted by molar-refractivity contribution is 5.85. The molecule has 2 aromatic carbocycles. The van der Waals surface area contributed by atoms with Crippen molar-refractivity contribution in [3.8, 4) is 0 Å². The third kappa shape index (κ3) is 4.61. The number of hydrogen-bond acceptors (Lipinski definition) is 4. The lowest BCUT2D eigenvalue weighted by atomic mass is 10.1. The summed E-state index contributed by atoms with van der Waals surface area (Å²) in [6, 6.07) is 11.4. The van der Waals surface area contributed by atoms with Gasteiger partial charge in [0.1, 0.15) is 0 Å². The fraction of sp³-hybridized carbons (Fsp3) is 0.125. The van der Waals surface area contributed by atoms with E-state index in [0.717, 1.165) is 28.2 Å². The van der Waals surface area contributed by atoms with Gasteiger partial charge in [0.25, 0.3) is 0 Å². The summed E-state index contributed by atoms with van der Waals surface area (Å²) >= 11 is 0. The Bertz CT molecular complexity index is 638. The molecule has 0 spiro atoms. The number of hydrogen-bond donors (Lipinski definition) is 4. The summed E-state index contributed by atoms with van der Waals surface area (Å²) in [6.45, 7) is 2.70. The highest BCUT2D eigenvalue weighted by Gasteiger charge is 1.96. The average Bonchev–Trinajstić information content (AvgIpc) is 2.42. The molecule has 21 heavy (non-hydrogen) atoms. The molecule has 0 saturated carbocycles. The van der Waals surface area contributed by atoms with Crippen LogP contribution in [0.5, 0.6) is 0 Å². The molecule has 5 heteroatoms. The van der Waals surface area contributed by atoms with E-state index in [4.69, 9.17) is 17.2 Å². The van der Waals surface area contributed by atoms with Crippen molar-refractivity contribution in [3.63, 3.8) is 0 Å². The average molecular weight is 305 g/mol. The zero-order valence-corrected chi connectivity index (χ0v) is 12.8.